The van der Waals surface area contributed by atoms with E-state index in [0.29, 0.717) is 17.4 Å². The molecule has 2 rings (SSSR count). The molecule has 20 heavy (non-hydrogen) atoms. The van der Waals surface area contributed by atoms with Crippen LogP contribution in [0.1, 0.15) is 18.2 Å². The topological polar surface area (TPSA) is 37.0 Å². The number of thiophene rings is 1. The fourth-order valence-corrected chi connectivity index (χ4v) is 2.60. The molecule has 0 atom stereocenters. The molecule has 0 aliphatic heterocycles. The fourth-order valence-electron chi connectivity index (χ4n) is 1.58. The second kappa shape index (κ2) is 6.85. The lowest BCUT2D eigenvalue weighted by atomic mass is 10.3. The predicted molar refractivity (Wildman–Crippen MR) is 79.6 cm³/mol. The van der Waals surface area contributed by atoms with Gasteiger partial charge in [0.15, 0.2) is 23.3 Å². The molecule has 0 aliphatic rings. The van der Waals surface area contributed by atoms with Gasteiger partial charge in [0.1, 0.15) is 0 Å². The molecule has 2 aromatic heterocycles. The third-order valence-electron chi connectivity index (χ3n) is 2.53. The van der Waals surface area contributed by atoms with E-state index in [4.69, 9.17) is 11.6 Å². The Labute approximate surface area is 125 Å². The molecule has 0 radical (unpaired) electrons. The molecule has 0 amide bonds. The van der Waals surface area contributed by atoms with E-state index in [-0.39, 0.29) is 11.6 Å². The third-order valence-corrected chi connectivity index (χ3v) is 3.76. The highest BCUT2D eigenvalue weighted by atomic mass is 35.5. The minimum absolute atomic E-state index is 0.0227. The molecule has 0 bridgehead atoms. The fraction of sp³-hybridized carbons (Fsp3) is 0.308. The Balaban J connectivity index is 2.09. The summed E-state index contributed by atoms with van der Waals surface area (Å²) < 4.78 is 27.8. The first kappa shape index (κ1) is 15.0. The summed E-state index contributed by atoms with van der Waals surface area (Å²) in [6.45, 7) is 2.92. The molecule has 7 heteroatoms. The van der Waals surface area contributed by atoms with Crippen LogP contribution in [0.15, 0.2) is 18.2 Å². The Bertz CT molecular complexity index is 589. The van der Waals surface area contributed by atoms with Crippen LogP contribution >= 0.6 is 22.9 Å². The van der Waals surface area contributed by atoms with Crippen LogP contribution in [0.5, 0.6) is 0 Å². The summed E-state index contributed by atoms with van der Waals surface area (Å²) in [5.41, 5.74) is 0. The second-order valence-electron chi connectivity index (χ2n) is 4.14. The summed E-state index contributed by atoms with van der Waals surface area (Å²) >= 11 is 7.22. The molecule has 2 aromatic rings. The van der Waals surface area contributed by atoms with Crippen molar-refractivity contribution in [2.75, 3.05) is 17.2 Å². The number of nitrogens with zero attached hydrogens (tertiary/aromatic N) is 1. The van der Waals surface area contributed by atoms with E-state index in [1.54, 1.807) is 6.07 Å². The lowest BCUT2D eigenvalue weighted by Crippen LogP contribution is -2.09. The molecule has 0 aromatic carbocycles. The van der Waals surface area contributed by atoms with Gasteiger partial charge in [-0.15, -0.1) is 11.3 Å². The van der Waals surface area contributed by atoms with E-state index < -0.39 is 11.6 Å². The zero-order valence-corrected chi connectivity index (χ0v) is 12.4. The van der Waals surface area contributed by atoms with Gasteiger partial charge >= 0.3 is 0 Å². The van der Waals surface area contributed by atoms with E-state index in [0.717, 1.165) is 17.4 Å². The Morgan fingerprint density at radius 1 is 1.20 bits per heavy atom. The molecular formula is C13H14ClF2N3S. The number of rotatable bonds is 6. The van der Waals surface area contributed by atoms with Crippen LogP contribution in [0.4, 0.5) is 20.4 Å². The molecule has 0 fully saturated rings. The zero-order chi connectivity index (χ0) is 14.5. The first-order valence-electron chi connectivity index (χ1n) is 6.18. The van der Waals surface area contributed by atoms with Crippen LogP contribution in [-0.2, 0) is 6.54 Å². The van der Waals surface area contributed by atoms with Gasteiger partial charge in [-0.3, -0.25) is 0 Å². The summed E-state index contributed by atoms with van der Waals surface area (Å²) in [4.78, 5) is 4.88. The number of nitrogens with one attached hydrogen (secondary N) is 2. The second-order valence-corrected chi connectivity index (χ2v) is 5.94. The van der Waals surface area contributed by atoms with Gasteiger partial charge < -0.3 is 10.6 Å². The Hall–Kier alpha value is -1.40. The van der Waals surface area contributed by atoms with Crippen LogP contribution in [0.25, 0.3) is 0 Å². The van der Waals surface area contributed by atoms with Crippen molar-refractivity contribution in [2.24, 2.45) is 0 Å². The van der Waals surface area contributed by atoms with E-state index in [2.05, 4.69) is 15.6 Å². The van der Waals surface area contributed by atoms with Gasteiger partial charge in [0, 0.05) is 17.5 Å². The number of pyridine rings is 1. The molecule has 0 unspecified atom stereocenters. The van der Waals surface area contributed by atoms with Crippen LogP contribution in [0.3, 0.4) is 0 Å². The summed E-state index contributed by atoms with van der Waals surface area (Å²) in [6.07, 6.45) is 0.828. The number of aromatic nitrogens is 1. The average Bonchev–Trinajstić information content (AvgIpc) is 2.82. The Kier molecular flexibility index (Phi) is 5.14. The molecule has 0 aliphatic carbocycles. The van der Waals surface area contributed by atoms with Crippen molar-refractivity contribution in [1.29, 1.82) is 0 Å². The highest BCUT2D eigenvalue weighted by Crippen LogP contribution is 2.24. The van der Waals surface area contributed by atoms with Gasteiger partial charge in [-0.2, -0.15) is 0 Å². The lowest BCUT2D eigenvalue weighted by Gasteiger charge is -2.10. The molecule has 3 nitrogen and oxygen atoms in total. The van der Waals surface area contributed by atoms with E-state index >= 15 is 0 Å². The van der Waals surface area contributed by atoms with Crippen molar-refractivity contribution in [1.82, 2.24) is 4.98 Å². The summed E-state index contributed by atoms with van der Waals surface area (Å²) in [6, 6.07) is 4.44. The van der Waals surface area contributed by atoms with Crippen LogP contribution in [0, 0.1) is 11.6 Å². The van der Waals surface area contributed by atoms with Crippen LogP contribution in [0.2, 0.25) is 4.34 Å². The molecule has 0 spiro atoms. The minimum atomic E-state index is -0.716. The largest absolute Gasteiger partial charge is 0.368 e. The van der Waals surface area contributed by atoms with E-state index in [9.17, 15) is 8.78 Å². The first-order chi connectivity index (χ1) is 9.60. The molecule has 2 N–H and O–H groups in total. The van der Waals surface area contributed by atoms with Gasteiger partial charge in [-0.25, -0.2) is 13.8 Å². The number of hydrogen-bond donors (Lipinski definition) is 2. The van der Waals surface area contributed by atoms with Gasteiger partial charge in [-0.1, -0.05) is 18.5 Å². The maximum absolute atomic E-state index is 13.6. The standard InChI is InChI=1S/C13H14ClF2N3S/c1-2-5-17-12-9(15)6-10(16)13(19-12)18-7-8-3-4-11(14)20-8/h3-4,6H,2,5,7H2,1H3,(H2,17,18,19). The highest BCUT2D eigenvalue weighted by molar-refractivity contribution is 7.16. The SMILES string of the molecule is CCCNc1nc(NCc2ccc(Cl)s2)c(F)cc1F. The third kappa shape index (κ3) is 3.80. The molecule has 2 heterocycles. The van der Waals surface area contributed by atoms with Crippen molar-refractivity contribution < 1.29 is 8.78 Å². The van der Waals surface area contributed by atoms with Crippen molar-refractivity contribution in [2.45, 2.75) is 19.9 Å². The monoisotopic (exact) mass is 317 g/mol. The van der Waals surface area contributed by atoms with Crippen molar-refractivity contribution in [3.05, 3.63) is 39.0 Å². The van der Waals surface area contributed by atoms with Gasteiger partial charge in [-0.05, 0) is 18.6 Å². The normalized spacial score (nSPS) is 10.6. The van der Waals surface area contributed by atoms with Gasteiger partial charge in [0.05, 0.1) is 10.9 Å². The van der Waals surface area contributed by atoms with Crippen LogP contribution in [-0.4, -0.2) is 11.5 Å². The zero-order valence-electron chi connectivity index (χ0n) is 10.8. The van der Waals surface area contributed by atoms with Crippen molar-refractivity contribution >= 4 is 34.6 Å². The number of hydrogen-bond acceptors (Lipinski definition) is 4. The van der Waals surface area contributed by atoms with Crippen molar-refractivity contribution in [3.8, 4) is 0 Å². The minimum Gasteiger partial charge on any atom is -0.368 e. The molecular weight excluding hydrogens is 304 g/mol. The Morgan fingerprint density at radius 2 is 1.90 bits per heavy atom. The van der Waals surface area contributed by atoms with E-state index in [1.165, 1.54) is 11.3 Å². The van der Waals surface area contributed by atoms with Gasteiger partial charge in [0.2, 0.25) is 0 Å². The number of anilines is 2. The molecule has 0 saturated carbocycles. The summed E-state index contributed by atoms with van der Waals surface area (Å²) in [5.74, 6) is -1.33. The maximum atomic E-state index is 13.6. The van der Waals surface area contributed by atoms with Gasteiger partial charge in [0.25, 0.3) is 0 Å². The predicted octanol–water partition coefficient (Wildman–Crippen LogP) is 4.51. The van der Waals surface area contributed by atoms with Crippen LogP contribution < -0.4 is 10.6 Å². The molecule has 0 saturated heterocycles. The average molecular weight is 318 g/mol. The van der Waals surface area contributed by atoms with E-state index in [1.807, 2.05) is 13.0 Å². The first-order valence-corrected chi connectivity index (χ1v) is 7.37. The number of halogens is 3. The van der Waals surface area contributed by atoms with Crippen molar-refractivity contribution in [3.63, 3.8) is 0 Å². The smallest absolute Gasteiger partial charge is 0.168 e. The summed E-state index contributed by atoms with van der Waals surface area (Å²) in [7, 11) is 0. The summed E-state index contributed by atoms with van der Waals surface area (Å²) in [5, 5.41) is 5.67. The highest BCUT2D eigenvalue weighted by Gasteiger charge is 2.11. The maximum Gasteiger partial charge on any atom is 0.168 e. The molecule has 108 valence electrons. The lowest BCUT2D eigenvalue weighted by molar-refractivity contribution is 0.578. The quantitative estimate of drug-likeness (QED) is 0.823. The Morgan fingerprint density at radius 3 is 2.50 bits per heavy atom.